The Bertz CT molecular complexity index is 551. The van der Waals surface area contributed by atoms with Crippen molar-refractivity contribution in [3.63, 3.8) is 0 Å². The average Bonchev–Trinajstić information content (AvgIpc) is 3.04. The van der Waals surface area contributed by atoms with Gasteiger partial charge in [-0.05, 0) is 32.6 Å². The fraction of sp³-hybridized carbons (Fsp3) is 0.778. The number of nitrogens with zero attached hydrogens (tertiary/aromatic N) is 2. The molecule has 2 N–H and O–H groups in total. The summed E-state index contributed by atoms with van der Waals surface area (Å²) >= 11 is 0. The highest BCUT2D eigenvalue weighted by Gasteiger charge is 2.34. The standard InChI is InChI=1S/C18H29N3O3/c1-2-21-13-14(12-19-21)17-15(7-6-10-24-17)20-16(22)11-18(23)8-4-3-5-9-18/h12-13,15,17,23H,2-11H2,1H3,(H,20,22)/t15-,17+/m1/s1. The lowest BCUT2D eigenvalue weighted by Gasteiger charge is -2.34. The molecule has 3 rings (SSSR count). The van der Waals surface area contributed by atoms with Crippen LogP contribution in [-0.4, -0.2) is 39.0 Å². The molecule has 1 amide bonds. The van der Waals surface area contributed by atoms with E-state index in [1.807, 2.05) is 24.0 Å². The van der Waals surface area contributed by atoms with Crippen molar-refractivity contribution in [2.75, 3.05) is 6.61 Å². The van der Waals surface area contributed by atoms with Gasteiger partial charge in [-0.3, -0.25) is 9.48 Å². The quantitative estimate of drug-likeness (QED) is 0.866. The van der Waals surface area contributed by atoms with Crippen LogP contribution in [-0.2, 0) is 16.1 Å². The highest BCUT2D eigenvalue weighted by Crippen LogP contribution is 2.32. The first-order chi connectivity index (χ1) is 11.6. The van der Waals surface area contributed by atoms with Gasteiger partial charge in [-0.25, -0.2) is 0 Å². The predicted molar refractivity (Wildman–Crippen MR) is 90.4 cm³/mol. The number of aryl methyl sites for hydroxylation is 1. The maximum absolute atomic E-state index is 12.5. The van der Waals surface area contributed by atoms with Gasteiger partial charge in [0.15, 0.2) is 0 Å². The molecule has 6 nitrogen and oxygen atoms in total. The van der Waals surface area contributed by atoms with Crippen LogP contribution in [0, 0.1) is 0 Å². The Kier molecular flexibility index (Phi) is 5.56. The van der Waals surface area contributed by atoms with Gasteiger partial charge in [-0.1, -0.05) is 19.3 Å². The molecule has 1 saturated carbocycles. The van der Waals surface area contributed by atoms with Crippen LogP contribution in [0.1, 0.15) is 70.0 Å². The summed E-state index contributed by atoms with van der Waals surface area (Å²) in [5.74, 6) is -0.0669. The molecule has 24 heavy (non-hydrogen) atoms. The minimum absolute atomic E-state index is 0.0482. The molecule has 134 valence electrons. The van der Waals surface area contributed by atoms with Crippen LogP contribution in [0.25, 0.3) is 0 Å². The van der Waals surface area contributed by atoms with Gasteiger partial charge in [0.25, 0.3) is 0 Å². The van der Waals surface area contributed by atoms with Crippen molar-refractivity contribution < 1.29 is 14.6 Å². The van der Waals surface area contributed by atoms with Gasteiger partial charge in [0.2, 0.25) is 5.91 Å². The van der Waals surface area contributed by atoms with Gasteiger partial charge in [0, 0.05) is 24.9 Å². The first kappa shape index (κ1) is 17.4. The van der Waals surface area contributed by atoms with Crippen LogP contribution in [0.5, 0.6) is 0 Å². The maximum atomic E-state index is 12.5. The van der Waals surface area contributed by atoms with Crippen LogP contribution < -0.4 is 5.32 Å². The number of carbonyl (C=O) groups excluding carboxylic acids is 1. The topological polar surface area (TPSA) is 76.4 Å². The van der Waals surface area contributed by atoms with Crippen LogP contribution in [0.3, 0.4) is 0 Å². The Hall–Kier alpha value is -1.40. The van der Waals surface area contributed by atoms with Crippen molar-refractivity contribution in [2.24, 2.45) is 0 Å². The Labute approximate surface area is 143 Å². The molecule has 2 atom stereocenters. The van der Waals surface area contributed by atoms with E-state index in [0.717, 1.165) is 57.1 Å². The number of ether oxygens (including phenoxy) is 1. The third-order valence-electron chi connectivity index (χ3n) is 5.25. The fourth-order valence-electron chi connectivity index (χ4n) is 3.90. The van der Waals surface area contributed by atoms with E-state index in [9.17, 15) is 9.90 Å². The van der Waals surface area contributed by atoms with E-state index in [1.54, 1.807) is 0 Å². The number of hydrogen-bond donors (Lipinski definition) is 2. The van der Waals surface area contributed by atoms with Crippen molar-refractivity contribution in [1.82, 2.24) is 15.1 Å². The first-order valence-corrected chi connectivity index (χ1v) is 9.25. The van der Waals surface area contributed by atoms with Crippen LogP contribution in [0.15, 0.2) is 12.4 Å². The predicted octanol–water partition coefficient (Wildman–Crippen LogP) is 2.32. The number of rotatable bonds is 5. The van der Waals surface area contributed by atoms with E-state index in [4.69, 9.17) is 4.74 Å². The summed E-state index contributed by atoms with van der Waals surface area (Å²) in [5.41, 5.74) is 0.193. The molecule has 1 aliphatic carbocycles. The highest BCUT2D eigenvalue weighted by atomic mass is 16.5. The summed E-state index contributed by atoms with van der Waals surface area (Å²) in [5, 5.41) is 18.0. The Morgan fingerprint density at radius 1 is 1.42 bits per heavy atom. The summed E-state index contributed by atoms with van der Waals surface area (Å²) in [6.07, 6.45) is 10.3. The van der Waals surface area contributed by atoms with Crippen LogP contribution in [0.4, 0.5) is 0 Å². The normalized spacial score (nSPS) is 26.9. The van der Waals surface area contributed by atoms with Gasteiger partial charge in [-0.2, -0.15) is 5.10 Å². The van der Waals surface area contributed by atoms with E-state index < -0.39 is 5.60 Å². The van der Waals surface area contributed by atoms with Gasteiger partial charge in [-0.15, -0.1) is 0 Å². The molecule has 1 aromatic rings. The van der Waals surface area contributed by atoms with Crippen molar-refractivity contribution in [2.45, 2.75) is 82.6 Å². The van der Waals surface area contributed by atoms with Crippen molar-refractivity contribution in [1.29, 1.82) is 0 Å². The second-order valence-corrected chi connectivity index (χ2v) is 7.20. The molecule has 1 saturated heterocycles. The maximum Gasteiger partial charge on any atom is 0.223 e. The molecule has 0 unspecified atom stereocenters. The SMILES string of the molecule is CCn1cc([C@@H]2OCCC[C@H]2NC(=O)CC2(O)CCCCC2)cn1. The summed E-state index contributed by atoms with van der Waals surface area (Å²) in [6, 6.07) is -0.0482. The largest absolute Gasteiger partial charge is 0.389 e. The molecule has 2 heterocycles. The number of nitrogens with one attached hydrogen (secondary N) is 1. The molecule has 1 aliphatic heterocycles. The summed E-state index contributed by atoms with van der Waals surface area (Å²) in [6.45, 7) is 3.57. The zero-order valence-corrected chi connectivity index (χ0v) is 14.5. The zero-order chi connectivity index (χ0) is 17.0. The molecule has 2 fully saturated rings. The van der Waals surface area contributed by atoms with Crippen LogP contribution in [0.2, 0.25) is 0 Å². The van der Waals surface area contributed by atoms with Crippen molar-refractivity contribution >= 4 is 5.91 Å². The molecular weight excluding hydrogens is 306 g/mol. The van der Waals surface area contributed by atoms with Gasteiger partial charge in [0.05, 0.1) is 24.3 Å². The number of carbonyl (C=O) groups is 1. The molecule has 1 aromatic heterocycles. The zero-order valence-electron chi connectivity index (χ0n) is 14.5. The van der Waals surface area contributed by atoms with E-state index in [1.165, 1.54) is 0 Å². The highest BCUT2D eigenvalue weighted by molar-refractivity contribution is 5.77. The van der Waals surface area contributed by atoms with Crippen molar-refractivity contribution in [3.8, 4) is 0 Å². The number of aliphatic hydroxyl groups is 1. The monoisotopic (exact) mass is 335 g/mol. The van der Waals surface area contributed by atoms with E-state index in [2.05, 4.69) is 10.4 Å². The third-order valence-corrected chi connectivity index (χ3v) is 5.25. The first-order valence-electron chi connectivity index (χ1n) is 9.25. The van der Waals surface area contributed by atoms with E-state index in [-0.39, 0.29) is 24.5 Å². The molecule has 2 aliphatic rings. The fourth-order valence-corrected chi connectivity index (χ4v) is 3.90. The van der Waals surface area contributed by atoms with E-state index >= 15 is 0 Å². The lowest BCUT2D eigenvalue weighted by atomic mass is 9.82. The lowest BCUT2D eigenvalue weighted by Crippen LogP contribution is -2.46. The summed E-state index contributed by atoms with van der Waals surface area (Å²) in [7, 11) is 0. The number of amides is 1. The summed E-state index contributed by atoms with van der Waals surface area (Å²) in [4.78, 5) is 12.5. The second kappa shape index (κ2) is 7.66. The molecule has 0 bridgehead atoms. The van der Waals surface area contributed by atoms with Crippen molar-refractivity contribution in [3.05, 3.63) is 18.0 Å². The van der Waals surface area contributed by atoms with E-state index in [0.29, 0.717) is 6.61 Å². The molecular formula is C18H29N3O3. The smallest absolute Gasteiger partial charge is 0.223 e. The lowest BCUT2D eigenvalue weighted by molar-refractivity contribution is -0.130. The molecule has 0 spiro atoms. The summed E-state index contributed by atoms with van der Waals surface area (Å²) < 4.78 is 7.79. The van der Waals surface area contributed by atoms with Crippen LogP contribution >= 0.6 is 0 Å². The molecule has 0 aromatic carbocycles. The molecule has 0 radical (unpaired) electrons. The Balaban J connectivity index is 1.61. The van der Waals surface area contributed by atoms with Gasteiger partial charge >= 0.3 is 0 Å². The number of aromatic nitrogens is 2. The molecule has 6 heteroatoms. The van der Waals surface area contributed by atoms with Gasteiger partial charge < -0.3 is 15.2 Å². The third kappa shape index (κ3) is 4.16. The minimum Gasteiger partial charge on any atom is -0.389 e. The second-order valence-electron chi connectivity index (χ2n) is 7.20. The average molecular weight is 335 g/mol. The minimum atomic E-state index is -0.819. The number of hydrogen-bond acceptors (Lipinski definition) is 4. The Morgan fingerprint density at radius 3 is 2.92 bits per heavy atom. The van der Waals surface area contributed by atoms with Gasteiger partial charge in [0.1, 0.15) is 6.10 Å². The Morgan fingerprint density at radius 2 is 2.21 bits per heavy atom.